The maximum atomic E-state index is 15.0. The van der Waals surface area contributed by atoms with Gasteiger partial charge in [-0.15, -0.1) is 0 Å². The lowest BCUT2D eigenvalue weighted by atomic mass is 9.82. The highest BCUT2D eigenvalue weighted by Gasteiger charge is 2.79. The van der Waals surface area contributed by atoms with Gasteiger partial charge in [0.25, 0.3) is 0 Å². The first-order chi connectivity index (χ1) is 11.2. The van der Waals surface area contributed by atoms with Gasteiger partial charge in [0.1, 0.15) is 6.10 Å². The van der Waals surface area contributed by atoms with Gasteiger partial charge in [-0.3, -0.25) is 0 Å². The standard InChI is InChI=1S/C16H21F5O3/c1-3-4-12-23-13(11-8-9-5-6-10(11)7-9)14(17,18)15(22-2,24-12)16(19,20)21/h5-6,9-13H,3-4,7-8H2,1-2H3. The van der Waals surface area contributed by atoms with Crippen LogP contribution in [0, 0.1) is 17.8 Å². The Morgan fingerprint density at radius 2 is 1.92 bits per heavy atom. The molecule has 2 aliphatic carbocycles. The number of hydrogen-bond acceptors (Lipinski definition) is 3. The van der Waals surface area contributed by atoms with Gasteiger partial charge in [0.05, 0.1) is 0 Å². The van der Waals surface area contributed by atoms with Gasteiger partial charge in [-0.05, 0) is 37.0 Å². The second-order valence-electron chi connectivity index (χ2n) is 6.78. The Balaban J connectivity index is 1.99. The third-order valence-corrected chi connectivity index (χ3v) is 5.30. The zero-order valence-corrected chi connectivity index (χ0v) is 13.5. The molecule has 1 heterocycles. The van der Waals surface area contributed by atoms with E-state index in [1.54, 1.807) is 6.92 Å². The van der Waals surface area contributed by atoms with Crippen LogP contribution in [0.15, 0.2) is 12.2 Å². The van der Waals surface area contributed by atoms with Gasteiger partial charge in [0.2, 0.25) is 0 Å². The van der Waals surface area contributed by atoms with E-state index < -0.39 is 36.2 Å². The van der Waals surface area contributed by atoms with Crippen LogP contribution >= 0.6 is 0 Å². The van der Waals surface area contributed by atoms with Crippen molar-refractivity contribution in [2.45, 2.75) is 62.9 Å². The van der Waals surface area contributed by atoms with Crippen LogP contribution in [0.25, 0.3) is 0 Å². The normalized spacial score (nSPS) is 44.2. The molecule has 1 aliphatic heterocycles. The fourth-order valence-corrected chi connectivity index (χ4v) is 4.19. The number of methoxy groups -OCH3 is 1. The van der Waals surface area contributed by atoms with E-state index in [0.29, 0.717) is 26.4 Å². The first kappa shape index (κ1) is 18.1. The second-order valence-corrected chi connectivity index (χ2v) is 6.78. The Morgan fingerprint density at radius 3 is 2.38 bits per heavy atom. The first-order valence-corrected chi connectivity index (χ1v) is 8.17. The fraction of sp³-hybridized carbons (Fsp3) is 0.875. The van der Waals surface area contributed by atoms with E-state index in [2.05, 4.69) is 9.47 Å². The number of alkyl halides is 5. The van der Waals surface area contributed by atoms with Crippen molar-refractivity contribution in [3.8, 4) is 0 Å². The van der Waals surface area contributed by atoms with Crippen molar-refractivity contribution in [2.24, 2.45) is 17.8 Å². The maximum Gasteiger partial charge on any atom is 0.450 e. The van der Waals surface area contributed by atoms with Crippen LogP contribution in [0.4, 0.5) is 22.0 Å². The monoisotopic (exact) mass is 356 g/mol. The lowest BCUT2D eigenvalue weighted by Crippen LogP contribution is -2.72. The molecule has 3 rings (SSSR count). The van der Waals surface area contributed by atoms with Crippen molar-refractivity contribution in [3.05, 3.63) is 12.2 Å². The van der Waals surface area contributed by atoms with Gasteiger partial charge in [-0.25, -0.2) is 0 Å². The summed E-state index contributed by atoms with van der Waals surface area (Å²) in [5.41, 5.74) is 0. The average Bonchev–Trinajstić information content (AvgIpc) is 3.10. The summed E-state index contributed by atoms with van der Waals surface area (Å²) in [5.74, 6) is -9.04. The van der Waals surface area contributed by atoms with Crippen LogP contribution in [0.1, 0.15) is 32.6 Å². The van der Waals surface area contributed by atoms with Gasteiger partial charge in [-0.2, -0.15) is 22.0 Å². The summed E-state index contributed by atoms with van der Waals surface area (Å²) >= 11 is 0. The highest BCUT2D eigenvalue weighted by molar-refractivity contribution is 5.15. The largest absolute Gasteiger partial charge is 0.450 e. The minimum absolute atomic E-state index is 0.0877. The Labute approximate surface area is 137 Å². The SMILES string of the molecule is CCCC1OC(C2CC3C=CC2C3)C(F)(F)C(OC)(C(F)(F)F)O1. The molecule has 0 aromatic carbocycles. The summed E-state index contributed by atoms with van der Waals surface area (Å²) < 4.78 is 84.9. The van der Waals surface area contributed by atoms with Crippen LogP contribution in [0.5, 0.6) is 0 Å². The molecule has 24 heavy (non-hydrogen) atoms. The molecule has 6 unspecified atom stereocenters. The van der Waals surface area contributed by atoms with E-state index in [-0.39, 0.29) is 18.3 Å². The molecule has 2 bridgehead atoms. The first-order valence-electron chi connectivity index (χ1n) is 8.17. The van der Waals surface area contributed by atoms with Crippen LogP contribution in [0.2, 0.25) is 0 Å². The molecule has 138 valence electrons. The van der Waals surface area contributed by atoms with Gasteiger partial charge < -0.3 is 14.2 Å². The van der Waals surface area contributed by atoms with Gasteiger partial charge >= 0.3 is 17.9 Å². The third kappa shape index (κ3) is 2.49. The van der Waals surface area contributed by atoms with Crippen molar-refractivity contribution in [3.63, 3.8) is 0 Å². The van der Waals surface area contributed by atoms with Crippen molar-refractivity contribution in [1.82, 2.24) is 0 Å². The predicted molar refractivity (Wildman–Crippen MR) is 74.2 cm³/mol. The van der Waals surface area contributed by atoms with Crippen molar-refractivity contribution < 1.29 is 36.2 Å². The minimum atomic E-state index is -5.38. The molecule has 1 saturated heterocycles. The average molecular weight is 356 g/mol. The predicted octanol–water partition coefficient (Wildman–Crippen LogP) is 4.28. The summed E-state index contributed by atoms with van der Waals surface area (Å²) in [6.07, 6.45) is -3.27. The van der Waals surface area contributed by atoms with E-state index in [4.69, 9.17) is 4.74 Å². The van der Waals surface area contributed by atoms with E-state index >= 15 is 0 Å². The highest BCUT2D eigenvalue weighted by Crippen LogP contribution is 2.57. The molecule has 3 nitrogen and oxygen atoms in total. The number of rotatable bonds is 4. The van der Waals surface area contributed by atoms with Gasteiger partial charge in [-0.1, -0.05) is 25.5 Å². The second kappa shape index (κ2) is 5.92. The van der Waals surface area contributed by atoms with E-state index in [9.17, 15) is 22.0 Å². The zero-order valence-electron chi connectivity index (χ0n) is 13.5. The van der Waals surface area contributed by atoms with Crippen molar-refractivity contribution in [1.29, 1.82) is 0 Å². The molecule has 6 atom stereocenters. The van der Waals surface area contributed by atoms with Crippen LogP contribution in [-0.4, -0.2) is 37.4 Å². The van der Waals surface area contributed by atoms with Gasteiger partial charge in [0, 0.05) is 7.11 Å². The molecular formula is C16H21F5O3. The highest BCUT2D eigenvalue weighted by atomic mass is 19.4. The number of ether oxygens (including phenoxy) is 3. The van der Waals surface area contributed by atoms with Crippen LogP contribution in [0.3, 0.4) is 0 Å². The summed E-state index contributed by atoms with van der Waals surface area (Å²) in [6.45, 7) is 1.72. The lowest BCUT2D eigenvalue weighted by Gasteiger charge is -2.51. The smallest absolute Gasteiger partial charge is 0.342 e. The Kier molecular flexibility index (Phi) is 4.45. The molecule has 2 fully saturated rings. The molecule has 1 saturated carbocycles. The molecule has 3 aliphatic rings. The van der Waals surface area contributed by atoms with Crippen molar-refractivity contribution in [2.75, 3.05) is 7.11 Å². The molecular weight excluding hydrogens is 335 g/mol. The Bertz CT molecular complexity index is 506. The number of halogens is 5. The number of hydrogen-bond donors (Lipinski definition) is 0. The molecule has 0 spiro atoms. The molecule has 0 aromatic rings. The summed E-state index contributed by atoms with van der Waals surface area (Å²) in [7, 11) is 0.605. The summed E-state index contributed by atoms with van der Waals surface area (Å²) in [6, 6.07) is 0. The number of allylic oxidation sites excluding steroid dienone is 2. The Hall–Kier alpha value is -0.730. The topological polar surface area (TPSA) is 27.7 Å². The number of fused-ring (bicyclic) bond motifs is 2. The zero-order chi connectivity index (χ0) is 17.8. The quantitative estimate of drug-likeness (QED) is 0.556. The molecule has 8 heteroatoms. The third-order valence-electron chi connectivity index (χ3n) is 5.30. The van der Waals surface area contributed by atoms with E-state index in [1.807, 2.05) is 12.2 Å². The molecule has 0 amide bonds. The van der Waals surface area contributed by atoms with Gasteiger partial charge in [0.15, 0.2) is 6.29 Å². The maximum absolute atomic E-state index is 15.0. The van der Waals surface area contributed by atoms with E-state index in [0.717, 1.165) is 0 Å². The molecule has 0 N–H and O–H groups in total. The van der Waals surface area contributed by atoms with Crippen molar-refractivity contribution >= 4 is 0 Å². The van der Waals surface area contributed by atoms with Crippen LogP contribution < -0.4 is 0 Å². The Morgan fingerprint density at radius 1 is 1.21 bits per heavy atom. The molecule has 0 radical (unpaired) electrons. The fourth-order valence-electron chi connectivity index (χ4n) is 4.19. The summed E-state index contributed by atoms with van der Waals surface area (Å²) in [5, 5.41) is 0. The minimum Gasteiger partial charge on any atom is -0.342 e. The summed E-state index contributed by atoms with van der Waals surface area (Å²) in [4.78, 5) is 0. The van der Waals surface area contributed by atoms with E-state index in [1.165, 1.54) is 0 Å². The molecule has 0 aromatic heterocycles. The van der Waals surface area contributed by atoms with Crippen LogP contribution in [-0.2, 0) is 14.2 Å². The lowest BCUT2D eigenvalue weighted by molar-refractivity contribution is -0.512.